The van der Waals surface area contributed by atoms with Crippen LogP contribution in [0.2, 0.25) is 0 Å². The van der Waals surface area contributed by atoms with Crippen molar-refractivity contribution in [2.45, 2.75) is 32.1 Å². The quantitative estimate of drug-likeness (QED) is 0.610. The van der Waals surface area contributed by atoms with Gasteiger partial charge < -0.3 is 20.4 Å². The molecule has 0 saturated carbocycles. The summed E-state index contributed by atoms with van der Waals surface area (Å²) >= 11 is 0. The average Bonchev–Trinajstić information content (AvgIpc) is 2.38. The Bertz CT molecular complexity index is 275. The third kappa shape index (κ3) is 4.91. The summed E-state index contributed by atoms with van der Waals surface area (Å²) in [4.78, 5) is 23.8. The van der Waals surface area contributed by atoms with E-state index in [-0.39, 0.29) is 18.4 Å². The Hall–Kier alpha value is -1.30. The van der Waals surface area contributed by atoms with Gasteiger partial charge in [-0.15, -0.1) is 0 Å². The van der Waals surface area contributed by atoms with Crippen LogP contribution in [0, 0.1) is 5.92 Å². The van der Waals surface area contributed by atoms with E-state index in [1.165, 1.54) is 4.90 Å². The fourth-order valence-electron chi connectivity index (χ4n) is 2.10. The van der Waals surface area contributed by atoms with Crippen LogP contribution >= 0.6 is 0 Å². The fraction of sp³-hybridized carbons (Fsp3) is 0.833. The minimum absolute atomic E-state index is 0.0315. The number of likely N-dealkylation sites (tertiary alicyclic amines) is 1. The predicted molar refractivity (Wildman–Crippen MR) is 66.3 cm³/mol. The number of rotatable bonds is 6. The molecule has 0 aromatic heterocycles. The molecule has 2 amide bonds. The Morgan fingerprint density at radius 1 is 1.17 bits per heavy atom. The highest BCUT2D eigenvalue weighted by Crippen LogP contribution is 2.17. The first-order chi connectivity index (χ1) is 8.65. The summed E-state index contributed by atoms with van der Waals surface area (Å²) in [5, 5.41) is 20.3. The number of hydrogen-bond acceptors (Lipinski definition) is 3. The van der Waals surface area contributed by atoms with Crippen LogP contribution in [0.25, 0.3) is 0 Å². The van der Waals surface area contributed by atoms with Gasteiger partial charge in [-0.25, -0.2) is 4.79 Å². The van der Waals surface area contributed by atoms with Gasteiger partial charge in [0.25, 0.3) is 0 Å². The zero-order chi connectivity index (χ0) is 13.4. The Kier molecular flexibility index (Phi) is 6.49. The van der Waals surface area contributed by atoms with Gasteiger partial charge in [-0.2, -0.15) is 0 Å². The number of aliphatic hydroxyl groups is 1. The number of amides is 2. The monoisotopic (exact) mass is 258 g/mol. The lowest BCUT2D eigenvalue weighted by Crippen LogP contribution is -2.42. The maximum absolute atomic E-state index is 11.8. The van der Waals surface area contributed by atoms with Crippen LogP contribution in [-0.4, -0.2) is 53.4 Å². The number of aliphatic hydroxyl groups excluding tert-OH is 1. The number of nitrogens with one attached hydrogen (secondary N) is 1. The minimum Gasteiger partial charge on any atom is -0.465 e. The Labute approximate surface area is 107 Å². The van der Waals surface area contributed by atoms with Crippen LogP contribution < -0.4 is 5.32 Å². The predicted octanol–water partition coefficient (Wildman–Crippen LogP) is 0.655. The summed E-state index contributed by atoms with van der Waals surface area (Å²) in [5.41, 5.74) is 0. The molecule has 3 N–H and O–H groups in total. The molecule has 1 fully saturated rings. The van der Waals surface area contributed by atoms with Gasteiger partial charge in [-0.3, -0.25) is 4.79 Å². The number of carboxylic acid groups (broad SMARTS) is 1. The Morgan fingerprint density at radius 2 is 1.83 bits per heavy atom. The molecule has 0 unspecified atom stereocenters. The SMILES string of the molecule is O=C(NCCCCCO)C1CCN(C(=O)O)CC1. The molecule has 1 aliphatic heterocycles. The fourth-order valence-corrected chi connectivity index (χ4v) is 2.10. The largest absolute Gasteiger partial charge is 0.465 e. The molecule has 18 heavy (non-hydrogen) atoms. The van der Waals surface area contributed by atoms with Crippen molar-refractivity contribution in [2.24, 2.45) is 5.92 Å². The van der Waals surface area contributed by atoms with E-state index in [9.17, 15) is 9.59 Å². The highest BCUT2D eigenvalue weighted by atomic mass is 16.4. The van der Waals surface area contributed by atoms with Crippen molar-refractivity contribution >= 4 is 12.0 Å². The molecule has 1 saturated heterocycles. The van der Waals surface area contributed by atoms with E-state index in [0.717, 1.165) is 19.3 Å². The van der Waals surface area contributed by atoms with E-state index in [1.54, 1.807) is 0 Å². The first-order valence-electron chi connectivity index (χ1n) is 6.51. The van der Waals surface area contributed by atoms with Gasteiger partial charge in [0.1, 0.15) is 0 Å². The van der Waals surface area contributed by atoms with Gasteiger partial charge in [-0.1, -0.05) is 0 Å². The van der Waals surface area contributed by atoms with E-state index in [4.69, 9.17) is 10.2 Å². The van der Waals surface area contributed by atoms with Crippen molar-refractivity contribution in [1.29, 1.82) is 0 Å². The molecule has 0 atom stereocenters. The van der Waals surface area contributed by atoms with E-state index in [2.05, 4.69) is 5.32 Å². The number of piperidine rings is 1. The third-order valence-corrected chi connectivity index (χ3v) is 3.27. The summed E-state index contributed by atoms with van der Waals surface area (Å²) in [6.07, 6.45) is 2.86. The maximum atomic E-state index is 11.8. The molecular weight excluding hydrogens is 236 g/mol. The van der Waals surface area contributed by atoms with Crippen molar-refractivity contribution in [3.63, 3.8) is 0 Å². The average molecular weight is 258 g/mol. The second-order valence-corrected chi connectivity index (χ2v) is 4.62. The van der Waals surface area contributed by atoms with Crippen molar-refractivity contribution in [2.75, 3.05) is 26.2 Å². The molecule has 0 aromatic rings. The van der Waals surface area contributed by atoms with Crippen molar-refractivity contribution < 1.29 is 19.8 Å². The first-order valence-corrected chi connectivity index (χ1v) is 6.51. The molecule has 1 heterocycles. The second kappa shape index (κ2) is 7.92. The van der Waals surface area contributed by atoms with Gasteiger partial charge in [0, 0.05) is 32.2 Å². The van der Waals surface area contributed by atoms with E-state index in [1.807, 2.05) is 0 Å². The molecule has 6 nitrogen and oxygen atoms in total. The van der Waals surface area contributed by atoms with E-state index >= 15 is 0 Å². The molecule has 0 bridgehead atoms. The number of carbonyl (C=O) groups is 2. The summed E-state index contributed by atoms with van der Waals surface area (Å²) in [7, 11) is 0. The van der Waals surface area contributed by atoms with E-state index in [0.29, 0.717) is 32.5 Å². The maximum Gasteiger partial charge on any atom is 0.407 e. The van der Waals surface area contributed by atoms with Crippen LogP contribution in [-0.2, 0) is 4.79 Å². The van der Waals surface area contributed by atoms with Crippen molar-refractivity contribution in [3.8, 4) is 0 Å². The van der Waals surface area contributed by atoms with Gasteiger partial charge in [-0.05, 0) is 32.1 Å². The van der Waals surface area contributed by atoms with Gasteiger partial charge in [0.15, 0.2) is 0 Å². The first kappa shape index (κ1) is 14.8. The molecule has 0 aliphatic carbocycles. The summed E-state index contributed by atoms with van der Waals surface area (Å²) in [6.45, 7) is 1.72. The number of unbranched alkanes of at least 4 members (excludes halogenated alkanes) is 2. The van der Waals surface area contributed by atoms with E-state index < -0.39 is 6.09 Å². The zero-order valence-electron chi connectivity index (χ0n) is 10.6. The van der Waals surface area contributed by atoms with Crippen molar-refractivity contribution in [3.05, 3.63) is 0 Å². The van der Waals surface area contributed by atoms with Gasteiger partial charge in [0.05, 0.1) is 0 Å². The molecule has 6 heteroatoms. The summed E-state index contributed by atoms with van der Waals surface area (Å²) in [6, 6.07) is 0. The van der Waals surface area contributed by atoms with Crippen LogP contribution in [0.5, 0.6) is 0 Å². The minimum atomic E-state index is -0.905. The van der Waals surface area contributed by atoms with Gasteiger partial charge in [0.2, 0.25) is 5.91 Å². The molecule has 1 rings (SSSR count). The smallest absolute Gasteiger partial charge is 0.407 e. The summed E-state index contributed by atoms with van der Waals surface area (Å²) in [5.74, 6) is -0.0255. The molecule has 1 aliphatic rings. The highest BCUT2D eigenvalue weighted by Gasteiger charge is 2.26. The van der Waals surface area contributed by atoms with Crippen LogP contribution in [0.15, 0.2) is 0 Å². The van der Waals surface area contributed by atoms with Crippen LogP contribution in [0.1, 0.15) is 32.1 Å². The second-order valence-electron chi connectivity index (χ2n) is 4.62. The zero-order valence-corrected chi connectivity index (χ0v) is 10.6. The van der Waals surface area contributed by atoms with Crippen LogP contribution in [0.3, 0.4) is 0 Å². The summed E-state index contributed by atoms with van der Waals surface area (Å²) < 4.78 is 0. The highest BCUT2D eigenvalue weighted by molar-refractivity contribution is 5.79. The molecular formula is C12H22N2O4. The topological polar surface area (TPSA) is 89.9 Å². The molecule has 104 valence electrons. The van der Waals surface area contributed by atoms with Gasteiger partial charge >= 0.3 is 6.09 Å². The number of carbonyl (C=O) groups excluding carboxylic acids is 1. The molecule has 0 radical (unpaired) electrons. The lowest BCUT2D eigenvalue weighted by molar-refractivity contribution is -0.126. The molecule has 0 aromatic carbocycles. The Balaban J connectivity index is 2.14. The third-order valence-electron chi connectivity index (χ3n) is 3.27. The lowest BCUT2D eigenvalue weighted by Gasteiger charge is -2.29. The number of nitrogens with zero attached hydrogens (tertiary/aromatic N) is 1. The number of hydrogen-bond donors (Lipinski definition) is 3. The van der Waals surface area contributed by atoms with Crippen molar-refractivity contribution in [1.82, 2.24) is 10.2 Å². The normalized spacial score (nSPS) is 16.6. The molecule has 0 spiro atoms. The standard InChI is InChI=1S/C12H22N2O4/c15-9-3-1-2-6-13-11(16)10-4-7-14(8-5-10)12(17)18/h10,15H,1-9H2,(H,13,16)(H,17,18). The lowest BCUT2D eigenvalue weighted by atomic mass is 9.96. The Morgan fingerprint density at radius 3 is 2.39 bits per heavy atom. The van der Waals surface area contributed by atoms with Crippen LogP contribution in [0.4, 0.5) is 4.79 Å².